The predicted octanol–water partition coefficient (Wildman–Crippen LogP) is 0.620. The molecule has 0 bridgehead atoms. The van der Waals surface area contributed by atoms with Gasteiger partial charge in [-0.3, -0.25) is 4.79 Å². The first-order valence-corrected chi connectivity index (χ1v) is 5.25. The predicted molar refractivity (Wildman–Crippen MR) is 64.6 cm³/mol. The normalized spacial score (nSPS) is 14.8. The van der Waals surface area contributed by atoms with Gasteiger partial charge in [0.2, 0.25) is 0 Å². The summed E-state index contributed by atoms with van der Waals surface area (Å²) in [5, 5.41) is 20.7. The summed E-state index contributed by atoms with van der Waals surface area (Å²) in [5.74, 6) is -1.18. The fraction of sp³-hybridized carbons (Fsp3) is 0.417. The van der Waals surface area contributed by atoms with Crippen LogP contribution >= 0.6 is 0 Å². The molecule has 2 N–H and O–H groups in total. The SMILES string of the molecule is CNC.COC(=O)/C(C#N)=C/C1=C(O)CCC1=O. The van der Waals surface area contributed by atoms with E-state index in [1.165, 1.54) is 0 Å². The van der Waals surface area contributed by atoms with Crippen molar-refractivity contribution in [3.8, 4) is 6.07 Å². The number of hydrogen-bond acceptors (Lipinski definition) is 6. The topological polar surface area (TPSA) is 99.4 Å². The Labute approximate surface area is 106 Å². The number of esters is 1. The summed E-state index contributed by atoms with van der Waals surface area (Å²) in [6.07, 6.45) is 1.53. The van der Waals surface area contributed by atoms with Crippen molar-refractivity contribution in [2.24, 2.45) is 0 Å². The van der Waals surface area contributed by atoms with Gasteiger partial charge in [0.25, 0.3) is 0 Å². The largest absolute Gasteiger partial charge is 0.512 e. The van der Waals surface area contributed by atoms with E-state index in [1.54, 1.807) is 6.07 Å². The molecule has 0 radical (unpaired) electrons. The molecule has 98 valence electrons. The van der Waals surface area contributed by atoms with Crippen LogP contribution in [-0.4, -0.2) is 38.1 Å². The Balaban J connectivity index is 0.000000873. The van der Waals surface area contributed by atoms with E-state index in [9.17, 15) is 14.7 Å². The molecule has 0 unspecified atom stereocenters. The van der Waals surface area contributed by atoms with Crippen LogP contribution in [0, 0.1) is 11.3 Å². The molecule has 0 heterocycles. The second kappa shape index (κ2) is 8.03. The number of Topliss-reactive ketones (excluding diaryl/α,β-unsaturated/α-hetero) is 1. The molecular formula is C12H16N2O4. The Morgan fingerprint density at radius 3 is 2.39 bits per heavy atom. The average molecular weight is 252 g/mol. The molecule has 0 aromatic carbocycles. The lowest BCUT2D eigenvalue weighted by molar-refractivity contribution is -0.135. The summed E-state index contributed by atoms with van der Waals surface area (Å²) in [7, 11) is 4.89. The molecule has 0 aromatic heterocycles. The smallest absolute Gasteiger partial charge is 0.348 e. The molecule has 0 saturated carbocycles. The van der Waals surface area contributed by atoms with Crippen LogP contribution in [-0.2, 0) is 14.3 Å². The number of hydrogen-bond donors (Lipinski definition) is 2. The monoisotopic (exact) mass is 252 g/mol. The van der Waals surface area contributed by atoms with E-state index in [4.69, 9.17) is 5.26 Å². The highest BCUT2D eigenvalue weighted by atomic mass is 16.5. The maximum atomic E-state index is 11.2. The number of carbonyl (C=O) groups excluding carboxylic acids is 2. The minimum atomic E-state index is -0.822. The Bertz CT molecular complexity index is 430. The fourth-order valence-corrected chi connectivity index (χ4v) is 1.22. The number of allylic oxidation sites excluding steroid dienone is 3. The lowest BCUT2D eigenvalue weighted by Crippen LogP contribution is -2.05. The van der Waals surface area contributed by atoms with E-state index in [0.29, 0.717) is 0 Å². The molecular weight excluding hydrogens is 236 g/mol. The minimum absolute atomic E-state index is 0.0250. The molecule has 0 atom stereocenters. The molecule has 1 rings (SSSR count). The molecule has 0 aromatic rings. The highest BCUT2D eigenvalue weighted by Gasteiger charge is 2.22. The Kier molecular flexibility index (Phi) is 7.08. The second-order valence-electron chi connectivity index (χ2n) is 3.44. The number of methoxy groups -OCH3 is 1. The van der Waals surface area contributed by atoms with Crippen LogP contribution in [0.3, 0.4) is 0 Å². The zero-order valence-corrected chi connectivity index (χ0v) is 10.6. The van der Waals surface area contributed by atoms with Crippen molar-refractivity contribution < 1.29 is 19.4 Å². The molecule has 0 spiro atoms. The van der Waals surface area contributed by atoms with E-state index in [0.717, 1.165) is 13.2 Å². The molecule has 0 amide bonds. The Morgan fingerprint density at radius 1 is 1.50 bits per heavy atom. The summed E-state index contributed by atoms with van der Waals surface area (Å²) in [4.78, 5) is 22.2. The number of aliphatic hydroxyl groups excluding tert-OH is 1. The van der Waals surface area contributed by atoms with Crippen LogP contribution < -0.4 is 5.32 Å². The first-order valence-electron chi connectivity index (χ1n) is 5.25. The highest BCUT2D eigenvalue weighted by molar-refractivity contribution is 6.03. The van der Waals surface area contributed by atoms with Gasteiger partial charge in [-0.05, 0) is 20.2 Å². The number of aliphatic hydroxyl groups is 1. The zero-order valence-electron chi connectivity index (χ0n) is 10.6. The number of nitriles is 1. The van der Waals surface area contributed by atoms with Crippen LogP contribution in [0.15, 0.2) is 23.0 Å². The molecule has 0 fully saturated rings. The fourth-order valence-electron chi connectivity index (χ4n) is 1.22. The maximum absolute atomic E-state index is 11.2. The van der Waals surface area contributed by atoms with Crippen molar-refractivity contribution in [3.63, 3.8) is 0 Å². The lowest BCUT2D eigenvalue weighted by Gasteiger charge is -1.97. The van der Waals surface area contributed by atoms with Crippen molar-refractivity contribution in [2.75, 3.05) is 21.2 Å². The number of ketones is 1. The lowest BCUT2D eigenvalue weighted by atomic mass is 10.1. The molecule has 0 aliphatic heterocycles. The van der Waals surface area contributed by atoms with Gasteiger partial charge < -0.3 is 15.2 Å². The average Bonchev–Trinajstić information content (AvgIpc) is 2.66. The molecule has 6 nitrogen and oxygen atoms in total. The molecule has 1 aliphatic rings. The van der Waals surface area contributed by atoms with Crippen molar-refractivity contribution in [3.05, 3.63) is 23.0 Å². The second-order valence-corrected chi connectivity index (χ2v) is 3.44. The van der Waals surface area contributed by atoms with Crippen LogP contribution in [0.4, 0.5) is 0 Å². The number of nitrogens with one attached hydrogen (secondary N) is 1. The minimum Gasteiger partial charge on any atom is -0.512 e. The van der Waals surface area contributed by atoms with Gasteiger partial charge in [0, 0.05) is 12.8 Å². The van der Waals surface area contributed by atoms with Crippen molar-refractivity contribution in [1.29, 1.82) is 5.26 Å². The van der Waals surface area contributed by atoms with Crippen LogP contribution in [0.2, 0.25) is 0 Å². The van der Waals surface area contributed by atoms with Crippen LogP contribution in [0.5, 0.6) is 0 Å². The first-order chi connectivity index (χ1) is 8.51. The molecule has 0 saturated heterocycles. The molecule has 1 aliphatic carbocycles. The zero-order chi connectivity index (χ0) is 14.1. The number of rotatable bonds is 2. The van der Waals surface area contributed by atoms with Gasteiger partial charge in [-0.2, -0.15) is 5.26 Å². The quantitative estimate of drug-likeness (QED) is 0.424. The summed E-state index contributed by atoms with van der Waals surface area (Å²) in [6, 6.07) is 1.61. The van der Waals surface area contributed by atoms with E-state index >= 15 is 0 Å². The third-order valence-corrected chi connectivity index (χ3v) is 2.01. The van der Waals surface area contributed by atoms with Gasteiger partial charge in [0.05, 0.1) is 12.7 Å². The van der Waals surface area contributed by atoms with E-state index in [-0.39, 0.29) is 35.5 Å². The molecule has 18 heavy (non-hydrogen) atoms. The van der Waals surface area contributed by atoms with Gasteiger partial charge >= 0.3 is 5.97 Å². The maximum Gasteiger partial charge on any atom is 0.348 e. The van der Waals surface area contributed by atoms with E-state index in [1.807, 2.05) is 14.1 Å². The van der Waals surface area contributed by atoms with Gasteiger partial charge in [0.15, 0.2) is 5.78 Å². The number of ether oxygens (including phenoxy) is 1. The van der Waals surface area contributed by atoms with Gasteiger partial charge in [-0.1, -0.05) is 0 Å². The summed E-state index contributed by atoms with van der Waals surface area (Å²) < 4.78 is 4.34. The van der Waals surface area contributed by atoms with Crippen LogP contribution in [0.25, 0.3) is 0 Å². The van der Waals surface area contributed by atoms with Crippen LogP contribution in [0.1, 0.15) is 12.8 Å². The summed E-state index contributed by atoms with van der Waals surface area (Å²) in [5.41, 5.74) is -0.272. The van der Waals surface area contributed by atoms with Crippen molar-refractivity contribution in [2.45, 2.75) is 12.8 Å². The highest BCUT2D eigenvalue weighted by Crippen LogP contribution is 2.22. The Morgan fingerprint density at radius 2 is 2.06 bits per heavy atom. The summed E-state index contributed by atoms with van der Waals surface area (Å²) in [6.45, 7) is 0. The first kappa shape index (κ1) is 15.9. The van der Waals surface area contributed by atoms with E-state index < -0.39 is 5.97 Å². The molecule has 6 heteroatoms. The third-order valence-electron chi connectivity index (χ3n) is 2.01. The van der Waals surface area contributed by atoms with Gasteiger partial charge in [0.1, 0.15) is 17.4 Å². The standard InChI is InChI=1S/C10H9NO4.C2H7N/c1-15-10(14)6(5-11)4-7-8(12)2-3-9(7)13;1-3-2/h4,12H,2-3H2,1H3;3H,1-2H3/b6-4+;. The number of carbonyl (C=O) groups is 2. The van der Waals surface area contributed by atoms with Crippen molar-refractivity contribution in [1.82, 2.24) is 5.32 Å². The number of nitrogens with zero attached hydrogens (tertiary/aromatic N) is 1. The third kappa shape index (κ3) is 4.39. The van der Waals surface area contributed by atoms with Gasteiger partial charge in [-0.15, -0.1) is 0 Å². The van der Waals surface area contributed by atoms with Crippen molar-refractivity contribution >= 4 is 11.8 Å². The van der Waals surface area contributed by atoms with Gasteiger partial charge in [-0.25, -0.2) is 4.79 Å². The Hall–Kier alpha value is -2.13. The summed E-state index contributed by atoms with van der Waals surface area (Å²) >= 11 is 0. The van der Waals surface area contributed by atoms with E-state index in [2.05, 4.69) is 10.1 Å².